The molecule has 206 valence electrons. The molecule has 0 radical (unpaired) electrons. The van der Waals surface area contributed by atoms with Crippen molar-refractivity contribution in [2.75, 3.05) is 31.1 Å². The first-order valence-corrected chi connectivity index (χ1v) is 14.0. The van der Waals surface area contributed by atoms with Crippen LogP contribution in [0.5, 0.6) is 0 Å². The highest BCUT2D eigenvalue weighted by Crippen LogP contribution is 2.36. The molecule has 3 aromatic rings. The summed E-state index contributed by atoms with van der Waals surface area (Å²) >= 11 is 3.76. The molecule has 0 bridgehead atoms. The van der Waals surface area contributed by atoms with E-state index in [0.29, 0.717) is 17.2 Å². The Morgan fingerprint density at radius 1 is 1.15 bits per heavy atom. The predicted molar refractivity (Wildman–Crippen MR) is 158 cm³/mol. The lowest BCUT2D eigenvalue weighted by Gasteiger charge is -2.33. The molecule has 1 aliphatic rings. The number of likely N-dealkylation sites (tertiary alicyclic amines) is 1. The van der Waals surface area contributed by atoms with Crippen molar-refractivity contribution in [2.45, 2.75) is 40.0 Å². The summed E-state index contributed by atoms with van der Waals surface area (Å²) < 4.78 is 2.91. The third-order valence-electron chi connectivity index (χ3n) is 7.39. The number of rotatable bonds is 10. The van der Waals surface area contributed by atoms with Crippen LogP contribution >= 0.6 is 15.9 Å². The molecule has 3 N–H and O–H groups in total. The van der Waals surface area contributed by atoms with Crippen LogP contribution in [0.25, 0.3) is 11.3 Å². The number of Topliss-reactive ketones (excluding diaryl/α,β-unsaturated/α-hetero) is 1. The monoisotopic (exact) mass is 593 g/mol. The maximum atomic E-state index is 12.4. The molecule has 0 amide bonds. The second-order valence-corrected chi connectivity index (χ2v) is 11.1. The van der Waals surface area contributed by atoms with E-state index in [1.54, 1.807) is 26.4 Å². The van der Waals surface area contributed by atoms with Crippen molar-refractivity contribution in [1.29, 1.82) is 0 Å². The molecule has 1 fully saturated rings. The highest BCUT2D eigenvalue weighted by Gasteiger charge is 2.23. The number of imidazole rings is 1. The van der Waals surface area contributed by atoms with Gasteiger partial charge in [-0.15, -0.1) is 0 Å². The first kappa shape index (κ1) is 28.6. The van der Waals surface area contributed by atoms with Crippen molar-refractivity contribution in [3.8, 4) is 5.69 Å². The summed E-state index contributed by atoms with van der Waals surface area (Å²) in [6.45, 7) is 7.89. The molecule has 8 nitrogen and oxygen atoms in total. The molecular formula is C30H36BrN5O3. The molecule has 1 aliphatic heterocycles. The summed E-state index contributed by atoms with van der Waals surface area (Å²) in [6, 6.07) is 12.4. The average Bonchev–Trinajstić information content (AvgIpc) is 3.41. The number of nitrogens with zero attached hydrogens (tertiary/aromatic N) is 4. The molecule has 0 spiro atoms. The molecule has 2 heterocycles. The van der Waals surface area contributed by atoms with Crippen LogP contribution in [0.2, 0.25) is 0 Å². The molecular weight excluding hydrogens is 558 g/mol. The maximum Gasteiger partial charge on any atom is 0.317 e. The number of hydrogen-bond donors (Lipinski definition) is 2. The lowest BCUT2D eigenvalue weighted by Crippen LogP contribution is -2.38. The summed E-state index contributed by atoms with van der Waals surface area (Å²) in [5, 5.41) is 9.13. The van der Waals surface area contributed by atoms with Crippen LogP contribution in [-0.4, -0.2) is 57.5 Å². The van der Waals surface area contributed by atoms with E-state index in [-0.39, 0.29) is 12.3 Å². The number of carboxylic acid groups (broad SMARTS) is 1. The summed E-state index contributed by atoms with van der Waals surface area (Å²) in [5.74, 6) is -0.322. The van der Waals surface area contributed by atoms with E-state index in [2.05, 4.69) is 57.0 Å². The number of nitrogens with two attached hydrogens (primary N) is 1. The number of carboxylic acids is 1. The van der Waals surface area contributed by atoms with Crippen LogP contribution in [0.15, 0.2) is 65.3 Å². The largest absolute Gasteiger partial charge is 0.480 e. The van der Waals surface area contributed by atoms with Gasteiger partial charge in [-0.3, -0.25) is 14.5 Å². The summed E-state index contributed by atoms with van der Waals surface area (Å²) in [4.78, 5) is 32.0. The van der Waals surface area contributed by atoms with E-state index in [0.717, 1.165) is 71.6 Å². The number of hydrogen-bond acceptors (Lipinski definition) is 6. The Labute approximate surface area is 238 Å². The minimum atomic E-state index is -0.772. The zero-order chi connectivity index (χ0) is 28.1. The van der Waals surface area contributed by atoms with Gasteiger partial charge < -0.3 is 20.3 Å². The third kappa shape index (κ3) is 6.96. The Morgan fingerprint density at radius 2 is 1.90 bits per heavy atom. The summed E-state index contributed by atoms with van der Waals surface area (Å²) in [6.07, 6.45) is 8.36. The average molecular weight is 595 g/mol. The third-order valence-corrected chi connectivity index (χ3v) is 8.02. The van der Waals surface area contributed by atoms with Crippen LogP contribution in [0, 0.1) is 12.8 Å². The molecule has 0 saturated carbocycles. The molecule has 0 aliphatic carbocycles. The first-order chi connectivity index (χ1) is 18.6. The number of carbonyl (C=O) groups excluding carboxylic acids is 1. The molecule has 2 aromatic carbocycles. The number of aliphatic carboxylic acids is 1. The second-order valence-electron chi connectivity index (χ2n) is 10.3. The fourth-order valence-corrected chi connectivity index (χ4v) is 5.94. The molecule has 0 atom stereocenters. The van der Waals surface area contributed by atoms with Crippen molar-refractivity contribution < 1.29 is 14.7 Å². The van der Waals surface area contributed by atoms with Gasteiger partial charge in [0.25, 0.3) is 0 Å². The van der Waals surface area contributed by atoms with Crippen molar-refractivity contribution in [3.63, 3.8) is 0 Å². The van der Waals surface area contributed by atoms with E-state index < -0.39 is 5.97 Å². The molecule has 0 unspecified atom stereocenters. The van der Waals surface area contributed by atoms with E-state index in [1.807, 2.05) is 27.8 Å². The van der Waals surface area contributed by atoms with Crippen molar-refractivity contribution >= 4 is 44.6 Å². The number of piperidine rings is 1. The lowest BCUT2D eigenvalue weighted by molar-refractivity contribution is -0.138. The first-order valence-electron chi connectivity index (χ1n) is 13.2. The number of aromatic nitrogens is 2. The van der Waals surface area contributed by atoms with Gasteiger partial charge >= 0.3 is 5.97 Å². The minimum Gasteiger partial charge on any atom is -0.480 e. The zero-order valence-electron chi connectivity index (χ0n) is 22.7. The Balaban J connectivity index is 1.66. The van der Waals surface area contributed by atoms with Crippen LogP contribution in [0.1, 0.15) is 44.2 Å². The molecule has 39 heavy (non-hydrogen) atoms. The fraction of sp³-hybridized carbons (Fsp3) is 0.367. The maximum absolute atomic E-state index is 12.4. The van der Waals surface area contributed by atoms with E-state index in [1.165, 1.54) is 0 Å². The number of allylic oxidation sites excluding steroid dienone is 2. The van der Waals surface area contributed by atoms with Gasteiger partial charge in [0.2, 0.25) is 0 Å². The quantitative estimate of drug-likeness (QED) is 0.297. The fourth-order valence-electron chi connectivity index (χ4n) is 5.36. The van der Waals surface area contributed by atoms with Gasteiger partial charge in [0.15, 0.2) is 5.78 Å². The van der Waals surface area contributed by atoms with Crippen LogP contribution in [0.4, 0.5) is 11.4 Å². The normalized spacial score (nSPS) is 15.2. The molecule has 4 rings (SSSR count). The van der Waals surface area contributed by atoms with Gasteiger partial charge in [0.05, 0.1) is 18.6 Å². The number of aryl methyl sites for hydroxylation is 1. The number of ketones is 1. The van der Waals surface area contributed by atoms with Crippen LogP contribution in [-0.2, 0) is 9.59 Å². The van der Waals surface area contributed by atoms with Gasteiger partial charge in [-0.25, -0.2) is 4.98 Å². The zero-order valence-corrected chi connectivity index (χ0v) is 24.3. The highest BCUT2D eigenvalue weighted by molar-refractivity contribution is 9.10. The number of anilines is 2. The van der Waals surface area contributed by atoms with Crippen molar-refractivity contribution in [2.24, 2.45) is 11.7 Å². The Kier molecular flexibility index (Phi) is 9.24. The highest BCUT2D eigenvalue weighted by atomic mass is 79.9. The predicted octanol–water partition coefficient (Wildman–Crippen LogP) is 5.55. The van der Waals surface area contributed by atoms with Gasteiger partial charge in [-0.2, -0.15) is 0 Å². The minimum absolute atomic E-state index is 0.0584. The standard InChI is InChI=1S/C30H36BrN5O3/c1-20-4-5-24(30(21(2)32)22(3)37)16-28(20)36(14-10-23-8-12-34(13-9-23)18-29(38)39)25-6-7-27(26(31)17-25)35-15-11-33-19-35/h4-7,11,15-17,19,23H,8-10,12-14,18,32H2,1-3H3,(H,38,39). The Morgan fingerprint density at radius 3 is 2.49 bits per heavy atom. The van der Waals surface area contributed by atoms with E-state index in [4.69, 9.17) is 10.8 Å². The van der Waals surface area contributed by atoms with E-state index in [9.17, 15) is 9.59 Å². The molecule has 1 saturated heterocycles. The topological polar surface area (TPSA) is 105 Å². The smallest absolute Gasteiger partial charge is 0.317 e. The van der Waals surface area contributed by atoms with Gasteiger partial charge in [-0.05, 0) is 110 Å². The summed E-state index contributed by atoms with van der Waals surface area (Å²) in [7, 11) is 0. The van der Waals surface area contributed by atoms with Gasteiger partial charge in [0, 0.05) is 46.1 Å². The van der Waals surface area contributed by atoms with Crippen LogP contribution < -0.4 is 10.6 Å². The number of halogens is 1. The molecule has 1 aromatic heterocycles. The Bertz CT molecular complexity index is 1360. The Hall–Kier alpha value is -3.43. The number of benzene rings is 2. The second kappa shape index (κ2) is 12.6. The van der Waals surface area contributed by atoms with Gasteiger partial charge in [-0.1, -0.05) is 12.1 Å². The van der Waals surface area contributed by atoms with Crippen LogP contribution in [0.3, 0.4) is 0 Å². The van der Waals surface area contributed by atoms with Crippen molar-refractivity contribution in [1.82, 2.24) is 14.5 Å². The molecule has 9 heteroatoms. The van der Waals surface area contributed by atoms with E-state index >= 15 is 0 Å². The van der Waals surface area contributed by atoms with Gasteiger partial charge in [0.1, 0.15) is 0 Å². The lowest BCUT2D eigenvalue weighted by atomic mass is 9.92. The SMILES string of the molecule is CC(=O)C(=C(C)N)c1ccc(C)c(N(CCC2CCN(CC(=O)O)CC2)c2ccc(-n3ccnc3)c(Br)c2)c1. The van der Waals surface area contributed by atoms with Crippen molar-refractivity contribution in [3.05, 3.63) is 76.4 Å². The number of carbonyl (C=O) groups is 2. The summed E-state index contributed by atoms with van der Waals surface area (Å²) in [5.41, 5.74) is 12.1.